The van der Waals surface area contributed by atoms with Crippen molar-refractivity contribution in [1.29, 1.82) is 0 Å². The molecule has 1 aromatic heterocycles. The minimum absolute atomic E-state index is 0.200. The summed E-state index contributed by atoms with van der Waals surface area (Å²) in [6, 6.07) is 9.17. The zero-order valence-corrected chi connectivity index (χ0v) is 11.0. The number of hydrogen-bond acceptors (Lipinski definition) is 1. The second-order valence-electron chi connectivity index (χ2n) is 3.20. The quantitative estimate of drug-likeness (QED) is 0.803. The predicted molar refractivity (Wildman–Crippen MR) is 72.9 cm³/mol. The molecule has 2 aromatic rings. The van der Waals surface area contributed by atoms with E-state index in [-0.39, 0.29) is 5.91 Å². The van der Waals surface area contributed by atoms with Crippen molar-refractivity contribution < 1.29 is 4.79 Å². The third-order valence-corrected chi connectivity index (χ3v) is 2.86. The Balaban J connectivity index is 2.13. The van der Waals surface area contributed by atoms with Gasteiger partial charge in [-0.05, 0) is 46.9 Å². The van der Waals surface area contributed by atoms with Gasteiger partial charge in [-0.3, -0.25) is 4.79 Å². The van der Waals surface area contributed by atoms with Crippen LogP contribution in [0.3, 0.4) is 0 Å². The van der Waals surface area contributed by atoms with Gasteiger partial charge in [-0.2, -0.15) is 0 Å². The van der Waals surface area contributed by atoms with Crippen LogP contribution in [-0.4, -0.2) is 10.9 Å². The fraction of sp³-hybridized carbons (Fsp3) is 0. The number of benzene rings is 1. The summed E-state index contributed by atoms with van der Waals surface area (Å²) in [4.78, 5) is 14.5. The second kappa shape index (κ2) is 4.88. The van der Waals surface area contributed by atoms with Crippen LogP contribution >= 0.6 is 34.2 Å². The van der Waals surface area contributed by atoms with E-state index in [1.54, 1.807) is 12.3 Å². The van der Waals surface area contributed by atoms with Gasteiger partial charge in [0.2, 0.25) is 0 Å². The highest BCUT2D eigenvalue weighted by Gasteiger charge is 2.07. The molecule has 5 heteroatoms. The van der Waals surface area contributed by atoms with E-state index in [2.05, 4.69) is 32.9 Å². The lowest BCUT2D eigenvalue weighted by molar-refractivity contribution is 0.102. The Morgan fingerprint density at radius 2 is 2.19 bits per heavy atom. The first kappa shape index (κ1) is 11.5. The molecule has 0 aliphatic rings. The summed E-state index contributed by atoms with van der Waals surface area (Å²) in [6.07, 6.45) is 1.57. The van der Waals surface area contributed by atoms with Crippen LogP contribution in [-0.2, 0) is 0 Å². The van der Waals surface area contributed by atoms with Crippen molar-refractivity contribution in [2.24, 2.45) is 0 Å². The average molecular weight is 347 g/mol. The SMILES string of the molecule is O=C(Nc1cccc(I)c1)c1cc(Cl)c[nH]1. The first-order valence-corrected chi connectivity index (χ1v) is 6.01. The van der Waals surface area contributed by atoms with Gasteiger partial charge in [0.05, 0.1) is 5.02 Å². The number of aromatic nitrogens is 1. The van der Waals surface area contributed by atoms with E-state index >= 15 is 0 Å². The highest BCUT2D eigenvalue weighted by Crippen LogP contribution is 2.15. The molecule has 0 unspecified atom stereocenters. The van der Waals surface area contributed by atoms with Crippen LogP contribution < -0.4 is 5.32 Å². The summed E-state index contributed by atoms with van der Waals surface area (Å²) in [7, 11) is 0. The lowest BCUT2D eigenvalue weighted by atomic mass is 10.3. The number of anilines is 1. The van der Waals surface area contributed by atoms with E-state index in [1.165, 1.54) is 0 Å². The van der Waals surface area contributed by atoms with Gasteiger partial charge in [-0.25, -0.2) is 0 Å². The summed E-state index contributed by atoms with van der Waals surface area (Å²) >= 11 is 7.91. The lowest BCUT2D eigenvalue weighted by Gasteiger charge is -2.03. The molecule has 3 nitrogen and oxygen atoms in total. The van der Waals surface area contributed by atoms with Crippen LogP contribution in [0.1, 0.15) is 10.5 Å². The summed E-state index contributed by atoms with van der Waals surface area (Å²) in [6.45, 7) is 0. The molecule has 0 fully saturated rings. The van der Waals surface area contributed by atoms with Crippen LogP contribution in [0.2, 0.25) is 5.02 Å². The zero-order valence-electron chi connectivity index (χ0n) is 8.13. The molecule has 0 saturated carbocycles. The number of amides is 1. The van der Waals surface area contributed by atoms with Gasteiger partial charge in [0.1, 0.15) is 5.69 Å². The molecule has 0 spiro atoms. The molecular formula is C11H8ClIN2O. The Bertz CT molecular complexity index is 524. The van der Waals surface area contributed by atoms with Gasteiger partial charge >= 0.3 is 0 Å². The molecule has 0 radical (unpaired) electrons. The normalized spacial score (nSPS) is 10.1. The van der Waals surface area contributed by atoms with Gasteiger partial charge < -0.3 is 10.3 Å². The molecule has 0 atom stereocenters. The fourth-order valence-electron chi connectivity index (χ4n) is 1.26. The van der Waals surface area contributed by atoms with Crippen molar-refractivity contribution in [2.75, 3.05) is 5.32 Å². The van der Waals surface area contributed by atoms with Gasteiger partial charge in [-0.1, -0.05) is 17.7 Å². The highest BCUT2D eigenvalue weighted by atomic mass is 127. The molecule has 1 amide bonds. The van der Waals surface area contributed by atoms with E-state index in [9.17, 15) is 4.79 Å². The predicted octanol–water partition coefficient (Wildman–Crippen LogP) is 3.53. The smallest absolute Gasteiger partial charge is 0.272 e. The first-order chi connectivity index (χ1) is 7.65. The van der Waals surface area contributed by atoms with Crippen LogP contribution in [0.15, 0.2) is 36.5 Å². The fourth-order valence-corrected chi connectivity index (χ4v) is 1.97. The molecular weight excluding hydrogens is 338 g/mol. The van der Waals surface area contributed by atoms with E-state index in [4.69, 9.17) is 11.6 Å². The van der Waals surface area contributed by atoms with Crippen LogP contribution in [0, 0.1) is 3.57 Å². The van der Waals surface area contributed by atoms with Crippen molar-refractivity contribution in [3.8, 4) is 0 Å². The van der Waals surface area contributed by atoms with Crippen molar-refractivity contribution in [3.63, 3.8) is 0 Å². The molecule has 16 heavy (non-hydrogen) atoms. The lowest BCUT2D eigenvalue weighted by Crippen LogP contribution is -2.12. The topological polar surface area (TPSA) is 44.9 Å². The monoisotopic (exact) mass is 346 g/mol. The molecule has 0 aliphatic carbocycles. The maximum absolute atomic E-state index is 11.7. The summed E-state index contributed by atoms with van der Waals surface area (Å²) < 4.78 is 1.07. The molecule has 1 heterocycles. The maximum Gasteiger partial charge on any atom is 0.272 e. The number of aromatic amines is 1. The molecule has 0 saturated heterocycles. The average Bonchev–Trinajstić information content (AvgIpc) is 2.65. The van der Waals surface area contributed by atoms with Crippen LogP contribution in [0.5, 0.6) is 0 Å². The first-order valence-electron chi connectivity index (χ1n) is 4.56. The van der Waals surface area contributed by atoms with E-state index in [0.717, 1.165) is 9.26 Å². The number of carbonyl (C=O) groups is 1. The van der Waals surface area contributed by atoms with Crippen molar-refractivity contribution in [1.82, 2.24) is 4.98 Å². The maximum atomic E-state index is 11.7. The Hall–Kier alpha value is -1.01. The number of H-pyrrole nitrogens is 1. The Morgan fingerprint density at radius 1 is 1.38 bits per heavy atom. The Labute approximate surface area is 111 Å². The number of rotatable bonds is 2. The number of hydrogen-bond donors (Lipinski definition) is 2. The second-order valence-corrected chi connectivity index (χ2v) is 4.88. The van der Waals surface area contributed by atoms with Crippen LogP contribution in [0.4, 0.5) is 5.69 Å². The Kier molecular flexibility index (Phi) is 3.50. The van der Waals surface area contributed by atoms with E-state index < -0.39 is 0 Å². The molecule has 82 valence electrons. The van der Waals surface area contributed by atoms with Crippen molar-refractivity contribution in [2.45, 2.75) is 0 Å². The minimum atomic E-state index is -0.200. The third kappa shape index (κ3) is 2.76. The molecule has 1 aromatic carbocycles. The molecule has 2 N–H and O–H groups in total. The van der Waals surface area contributed by atoms with Crippen LogP contribution in [0.25, 0.3) is 0 Å². The number of halogens is 2. The minimum Gasteiger partial charge on any atom is -0.356 e. The van der Waals surface area contributed by atoms with E-state index in [0.29, 0.717) is 10.7 Å². The molecule has 2 rings (SSSR count). The van der Waals surface area contributed by atoms with E-state index in [1.807, 2.05) is 24.3 Å². The van der Waals surface area contributed by atoms with Crippen molar-refractivity contribution in [3.05, 3.63) is 50.8 Å². The highest BCUT2D eigenvalue weighted by molar-refractivity contribution is 14.1. The standard InChI is InChI=1S/C11H8ClIN2O/c12-7-4-10(14-6-7)11(16)15-9-3-1-2-8(13)5-9/h1-6,14H,(H,15,16). The molecule has 0 aliphatic heterocycles. The van der Waals surface area contributed by atoms with Gasteiger partial charge in [0.15, 0.2) is 0 Å². The summed E-state index contributed by atoms with van der Waals surface area (Å²) in [5, 5.41) is 3.30. The molecule has 0 bridgehead atoms. The van der Waals surface area contributed by atoms with Crippen molar-refractivity contribution >= 4 is 45.8 Å². The third-order valence-electron chi connectivity index (χ3n) is 1.97. The largest absolute Gasteiger partial charge is 0.356 e. The summed E-state index contributed by atoms with van der Waals surface area (Å²) in [5.74, 6) is -0.200. The van der Waals surface area contributed by atoms with Gasteiger partial charge in [0, 0.05) is 15.5 Å². The number of carbonyl (C=O) groups excluding carboxylic acids is 1. The zero-order chi connectivity index (χ0) is 11.5. The van der Waals surface area contributed by atoms with Gasteiger partial charge in [-0.15, -0.1) is 0 Å². The summed E-state index contributed by atoms with van der Waals surface area (Å²) in [5.41, 5.74) is 1.21. The number of nitrogens with one attached hydrogen (secondary N) is 2. The Morgan fingerprint density at radius 3 is 2.81 bits per heavy atom. The van der Waals surface area contributed by atoms with Gasteiger partial charge in [0.25, 0.3) is 5.91 Å².